The van der Waals surface area contributed by atoms with Gasteiger partial charge < -0.3 is 5.32 Å². The minimum atomic E-state index is -0.148. The molecule has 1 aromatic carbocycles. The summed E-state index contributed by atoms with van der Waals surface area (Å²) in [5, 5.41) is 13.3. The van der Waals surface area contributed by atoms with Crippen LogP contribution >= 0.6 is 0 Å². The molecule has 0 bridgehead atoms. The Kier molecular flexibility index (Phi) is 5.48. The first-order chi connectivity index (χ1) is 15.9. The number of pyridine rings is 1. The molecular weight excluding hydrogens is 412 g/mol. The van der Waals surface area contributed by atoms with Gasteiger partial charge in [-0.1, -0.05) is 30.3 Å². The Morgan fingerprint density at radius 3 is 2.58 bits per heavy atom. The van der Waals surface area contributed by atoms with Crippen molar-refractivity contribution in [2.45, 2.75) is 65.6 Å². The fourth-order valence-electron chi connectivity index (χ4n) is 4.48. The zero-order chi connectivity index (χ0) is 23.1. The van der Waals surface area contributed by atoms with Crippen molar-refractivity contribution in [2.75, 3.05) is 0 Å². The van der Waals surface area contributed by atoms with Gasteiger partial charge in [0.05, 0.1) is 34.9 Å². The third kappa shape index (κ3) is 4.15. The normalized spacial score (nSPS) is 14.5. The quantitative estimate of drug-likeness (QED) is 0.451. The summed E-state index contributed by atoms with van der Waals surface area (Å²) < 4.78 is 3.84. The van der Waals surface area contributed by atoms with Gasteiger partial charge in [0, 0.05) is 29.9 Å². The number of aryl methyl sites for hydroxylation is 3. The second-order valence-corrected chi connectivity index (χ2v) is 9.02. The predicted octanol–water partition coefficient (Wildman–Crippen LogP) is 4.68. The van der Waals surface area contributed by atoms with Gasteiger partial charge in [0.15, 0.2) is 5.65 Å². The lowest BCUT2D eigenvalue weighted by atomic mass is 10.1. The number of nitrogens with zero attached hydrogens (tertiary/aromatic N) is 5. The lowest BCUT2D eigenvalue weighted by Crippen LogP contribution is -2.27. The van der Waals surface area contributed by atoms with Crippen molar-refractivity contribution in [3.8, 4) is 0 Å². The molecule has 170 valence electrons. The van der Waals surface area contributed by atoms with Crippen molar-refractivity contribution < 1.29 is 4.79 Å². The highest BCUT2D eigenvalue weighted by atomic mass is 16.1. The van der Waals surface area contributed by atoms with Gasteiger partial charge in [-0.25, -0.2) is 9.67 Å². The first-order valence-corrected chi connectivity index (χ1v) is 11.7. The van der Waals surface area contributed by atoms with Crippen molar-refractivity contribution in [2.24, 2.45) is 0 Å². The van der Waals surface area contributed by atoms with E-state index >= 15 is 0 Å². The largest absolute Gasteiger partial charge is 0.345 e. The molecule has 0 saturated heterocycles. The van der Waals surface area contributed by atoms with E-state index in [1.165, 1.54) is 0 Å². The lowest BCUT2D eigenvalue weighted by molar-refractivity contribution is 0.0941. The van der Waals surface area contributed by atoms with Gasteiger partial charge >= 0.3 is 0 Å². The third-order valence-electron chi connectivity index (χ3n) is 6.44. The topological polar surface area (TPSA) is 77.6 Å². The summed E-state index contributed by atoms with van der Waals surface area (Å²) in [6.07, 6.45) is 4.26. The van der Waals surface area contributed by atoms with E-state index in [0.717, 1.165) is 58.6 Å². The summed E-state index contributed by atoms with van der Waals surface area (Å²) in [7, 11) is 0. The monoisotopic (exact) mass is 442 g/mol. The number of benzene rings is 1. The number of carbonyl (C=O) groups excluding carboxylic acids is 1. The number of nitrogens with one attached hydrogen (secondary N) is 1. The maximum Gasteiger partial charge on any atom is 0.252 e. The molecule has 1 N–H and O–H groups in total. The molecular formula is C26H30N6O. The van der Waals surface area contributed by atoms with Gasteiger partial charge in [-0.05, 0) is 52.2 Å². The molecule has 0 aliphatic heterocycles. The first kappa shape index (κ1) is 21.4. The van der Waals surface area contributed by atoms with Crippen LogP contribution in [0.2, 0.25) is 0 Å². The summed E-state index contributed by atoms with van der Waals surface area (Å²) in [6, 6.07) is 12.1. The maximum absolute atomic E-state index is 13.5. The summed E-state index contributed by atoms with van der Waals surface area (Å²) in [5.41, 5.74) is 6.39. The molecule has 33 heavy (non-hydrogen) atoms. The molecule has 0 spiro atoms. The number of fused-ring (bicyclic) bond motifs is 1. The zero-order valence-electron chi connectivity index (χ0n) is 19.7. The van der Waals surface area contributed by atoms with Crippen LogP contribution in [0.5, 0.6) is 0 Å². The standard InChI is InChI=1S/C26H30N6O/c1-5-31-15-22(17(3)29-31)16(2)27-26(33)21-13-23(20-11-12-20)28-25-24(21)18(4)30-32(25)14-19-9-7-6-8-10-19/h6-10,13,15-16,20H,5,11-12,14H2,1-4H3,(H,27,33)/t16-/m0/s1. The average Bonchev–Trinajstić information content (AvgIpc) is 3.53. The van der Waals surface area contributed by atoms with E-state index in [1.807, 2.05) is 60.6 Å². The molecule has 5 rings (SSSR count). The summed E-state index contributed by atoms with van der Waals surface area (Å²) in [5.74, 6) is 0.339. The Morgan fingerprint density at radius 1 is 1.15 bits per heavy atom. The van der Waals surface area contributed by atoms with Crippen LogP contribution < -0.4 is 5.32 Å². The van der Waals surface area contributed by atoms with Crippen LogP contribution in [-0.4, -0.2) is 30.5 Å². The van der Waals surface area contributed by atoms with E-state index in [4.69, 9.17) is 10.1 Å². The van der Waals surface area contributed by atoms with Gasteiger partial charge in [0.25, 0.3) is 5.91 Å². The fraction of sp³-hybridized carbons (Fsp3) is 0.385. The number of rotatable bonds is 7. The molecule has 1 saturated carbocycles. The number of carbonyl (C=O) groups is 1. The Bertz CT molecular complexity index is 1320. The Morgan fingerprint density at radius 2 is 1.91 bits per heavy atom. The smallest absolute Gasteiger partial charge is 0.252 e. The van der Waals surface area contributed by atoms with Gasteiger partial charge in [-0.15, -0.1) is 0 Å². The third-order valence-corrected chi connectivity index (χ3v) is 6.44. The number of aromatic nitrogens is 5. The van der Waals surface area contributed by atoms with Gasteiger partial charge in [-0.2, -0.15) is 10.2 Å². The van der Waals surface area contributed by atoms with E-state index in [2.05, 4.69) is 29.5 Å². The molecule has 1 amide bonds. The highest BCUT2D eigenvalue weighted by molar-refractivity contribution is 6.06. The molecule has 1 aliphatic rings. The predicted molar refractivity (Wildman–Crippen MR) is 128 cm³/mol. The molecule has 1 atom stereocenters. The van der Waals surface area contributed by atoms with E-state index in [-0.39, 0.29) is 11.9 Å². The van der Waals surface area contributed by atoms with Gasteiger partial charge in [0.1, 0.15) is 0 Å². The highest BCUT2D eigenvalue weighted by Crippen LogP contribution is 2.40. The van der Waals surface area contributed by atoms with Crippen LogP contribution in [-0.2, 0) is 13.1 Å². The minimum Gasteiger partial charge on any atom is -0.345 e. The second-order valence-electron chi connectivity index (χ2n) is 9.02. The summed E-state index contributed by atoms with van der Waals surface area (Å²) in [4.78, 5) is 18.5. The fourth-order valence-corrected chi connectivity index (χ4v) is 4.48. The van der Waals surface area contributed by atoms with Gasteiger partial charge in [0.2, 0.25) is 0 Å². The van der Waals surface area contributed by atoms with E-state index in [1.54, 1.807) is 0 Å². The van der Waals surface area contributed by atoms with Crippen LogP contribution in [0.4, 0.5) is 0 Å². The SMILES string of the molecule is CCn1cc([C@H](C)NC(=O)c2cc(C3CC3)nc3c2c(C)nn3Cc2ccccc2)c(C)n1. The van der Waals surface area contributed by atoms with Crippen LogP contribution in [0.3, 0.4) is 0 Å². The molecule has 7 heteroatoms. The van der Waals surface area contributed by atoms with Crippen molar-refractivity contribution >= 4 is 16.9 Å². The van der Waals surface area contributed by atoms with Crippen LogP contribution in [0.1, 0.15) is 77.2 Å². The van der Waals surface area contributed by atoms with Crippen LogP contribution in [0, 0.1) is 13.8 Å². The first-order valence-electron chi connectivity index (χ1n) is 11.7. The van der Waals surface area contributed by atoms with E-state index in [9.17, 15) is 4.79 Å². The Hall–Kier alpha value is -3.48. The minimum absolute atomic E-state index is 0.0946. The van der Waals surface area contributed by atoms with Crippen molar-refractivity contribution in [3.05, 3.63) is 76.4 Å². The van der Waals surface area contributed by atoms with E-state index < -0.39 is 0 Å². The molecule has 1 aliphatic carbocycles. The molecule has 7 nitrogen and oxygen atoms in total. The maximum atomic E-state index is 13.5. The van der Waals surface area contributed by atoms with Crippen molar-refractivity contribution in [3.63, 3.8) is 0 Å². The summed E-state index contributed by atoms with van der Waals surface area (Å²) >= 11 is 0. The molecule has 3 heterocycles. The Balaban J connectivity index is 1.52. The molecule has 0 radical (unpaired) electrons. The van der Waals surface area contributed by atoms with Crippen LogP contribution in [0.15, 0.2) is 42.6 Å². The molecule has 1 fully saturated rings. The van der Waals surface area contributed by atoms with Gasteiger partial charge in [-0.3, -0.25) is 9.48 Å². The number of amides is 1. The average molecular weight is 443 g/mol. The Labute approximate surface area is 193 Å². The second kappa shape index (κ2) is 8.46. The highest BCUT2D eigenvalue weighted by Gasteiger charge is 2.29. The molecule has 3 aromatic heterocycles. The zero-order valence-corrected chi connectivity index (χ0v) is 19.7. The number of hydrogen-bond donors (Lipinski definition) is 1. The van der Waals surface area contributed by atoms with Crippen LogP contribution in [0.25, 0.3) is 11.0 Å². The van der Waals surface area contributed by atoms with Crippen molar-refractivity contribution in [1.82, 2.24) is 29.9 Å². The molecule has 4 aromatic rings. The molecule has 0 unspecified atom stereocenters. The lowest BCUT2D eigenvalue weighted by Gasteiger charge is -2.15. The number of hydrogen-bond acceptors (Lipinski definition) is 4. The summed E-state index contributed by atoms with van der Waals surface area (Å²) in [6.45, 7) is 9.43. The van der Waals surface area contributed by atoms with Crippen molar-refractivity contribution in [1.29, 1.82) is 0 Å². The van der Waals surface area contributed by atoms with E-state index in [0.29, 0.717) is 18.0 Å².